The second-order valence-electron chi connectivity index (χ2n) is 8.12. The van der Waals surface area contributed by atoms with Crippen LogP contribution < -0.4 is 11.2 Å². The summed E-state index contributed by atoms with van der Waals surface area (Å²) in [7, 11) is 2.92. The summed E-state index contributed by atoms with van der Waals surface area (Å²) in [6, 6.07) is 5.65. The van der Waals surface area contributed by atoms with Crippen molar-refractivity contribution in [2.24, 2.45) is 20.0 Å². The lowest BCUT2D eigenvalue weighted by atomic mass is 9.99. The number of benzene rings is 1. The van der Waals surface area contributed by atoms with E-state index >= 15 is 0 Å². The summed E-state index contributed by atoms with van der Waals surface area (Å²) in [5.74, 6) is 0.572. The van der Waals surface area contributed by atoms with Gasteiger partial charge in [-0.05, 0) is 43.0 Å². The van der Waals surface area contributed by atoms with Gasteiger partial charge in [0.05, 0.1) is 5.75 Å². The molecule has 0 bridgehead atoms. The van der Waals surface area contributed by atoms with Crippen LogP contribution in [0.2, 0.25) is 0 Å². The molecule has 0 spiro atoms. The summed E-state index contributed by atoms with van der Waals surface area (Å²) >= 11 is 1.16. The van der Waals surface area contributed by atoms with E-state index in [1.165, 1.54) is 42.9 Å². The highest BCUT2D eigenvalue weighted by Gasteiger charge is 2.23. The summed E-state index contributed by atoms with van der Waals surface area (Å²) < 4.78 is 15.7. The van der Waals surface area contributed by atoms with E-state index in [1.807, 2.05) is 4.90 Å². The smallest absolute Gasteiger partial charge is 0.332 e. The van der Waals surface area contributed by atoms with Gasteiger partial charge in [-0.2, -0.15) is 0 Å². The number of hydrogen-bond acceptors (Lipinski definition) is 6. The van der Waals surface area contributed by atoms with Crippen LogP contribution in [0, 0.1) is 11.7 Å². The predicted octanol–water partition coefficient (Wildman–Crippen LogP) is 2.18. The lowest BCUT2D eigenvalue weighted by molar-refractivity contribution is -0.129. The van der Waals surface area contributed by atoms with E-state index in [9.17, 15) is 18.8 Å². The molecule has 1 amide bonds. The van der Waals surface area contributed by atoms with Crippen LogP contribution in [0.3, 0.4) is 0 Å². The molecule has 0 atom stereocenters. The fourth-order valence-electron chi connectivity index (χ4n) is 3.74. The van der Waals surface area contributed by atoms with Crippen molar-refractivity contribution in [3.63, 3.8) is 0 Å². The molecule has 0 aliphatic carbocycles. The zero-order valence-electron chi connectivity index (χ0n) is 18.2. The highest BCUT2D eigenvalue weighted by Crippen LogP contribution is 2.27. The Hall–Kier alpha value is -3.01. The summed E-state index contributed by atoms with van der Waals surface area (Å²) in [5.41, 5.74) is -0.315. The predicted molar refractivity (Wildman–Crippen MR) is 121 cm³/mol. The summed E-state index contributed by atoms with van der Waals surface area (Å²) in [6.07, 6.45) is 1.95. The van der Waals surface area contributed by atoms with E-state index in [0.717, 1.165) is 42.3 Å². The number of thioether (sulfide) groups is 1. The van der Waals surface area contributed by atoms with Crippen molar-refractivity contribution in [3.8, 4) is 11.4 Å². The van der Waals surface area contributed by atoms with Crippen LogP contribution in [0.4, 0.5) is 4.39 Å². The average Bonchev–Trinajstić information content (AvgIpc) is 2.80. The summed E-state index contributed by atoms with van der Waals surface area (Å²) in [6.45, 7) is 3.63. The second-order valence-corrected chi connectivity index (χ2v) is 9.08. The first-order chi connectivity index (χ1) is 15.3. The number of aromatic nitrogens is 4. The van der Waals surface area contributed by atoms with Crippen molar-refractivity contribution >= 4 is 28.7 Å². The molecule has 1 fully saturated rings. The zero-order valence-corrected chi connectivity index (χ0v) is 19.0. The Morgan fingerprint density at radius 2 is 1.75 bits per heavy atom. The lowest BCUT2D eigenvalue weighted by Gasteiger charge is -2.30. The molecule has 1 saturated heterocycles. The molecule has 1 aromatic carbocycles. The lowest BCUT2D eigenvalue weighted by Crippen LogP contribution is -2.39. The summed E-state index contributed by atoms with van der Waals surface area (Å²) in [5, 5.41) is 0.509. The van der Waals surface area contributed by atoms with Crippen molar-refractivity contribution in [3.05, 3.63) is 50.9 Å². The van der Waals surface area contributed by atoms with Crippen LogP contribution in [0.25, 0.3) is 22.4 Å². The van der Waals surface area contributed by atoms with Crippen LogP contribution >= 0.6 is 11.8 Å². The van der Waals surface area contributed by atoms with Crippen molar-refractivity contribution in [1.29, 1.82) is 0 Å². The van der Waals surface area contributed by atoms with Gasteiger partial charge in [0.25, 0.3) is 5.56 Å². The number of amides is 1. The molecule has 2 aromatic heterocycles. The van der Waals surface area contributed by atoms with Gasteiger partial charge >= 0.3 is 5.69 Å². The maximum absolute atomic E-state index is 13.4. The minimum Gasteiger partial charge on any atom is -0.342 e. The van der Waals surface area contributed by atoms with Crippen molar-refractivity contribution in [1.82, 2.24) is 24.0 Å². The third kappa shape index (κ3) is 4.19. The molecule has 168 valence electrons. The van der Waals surface area contributed by atoms with Crippen LogP contribution in [0.5, 0.6) is 0 Å². The molecular formula is C22H24FN5O3S. The Morgan fingerprint density at radius 3 is 2.41 bits per heavy atom. The molecule has 3 aromatic rings. The molecule has 0 saturated carbocycles. The van der Waals surface area contributed by atoms with E-state index in [0.29, 0.717) is 16.5 Å². The largest absolute Gasteiger partial charge is 0.342 e. The minimum absolute atomic E-state index is 0.0151. The number of fused-ring (bicyclic) bond motifs is 1. The van der Waals surface area contributed by atoms with Crippen molar-refractivity contribution in [2.45, 2.75) is 24.8 Å². The Labute approximate surface area is 188 Å². The number of rotatable bonds is 4. The third-order valence-electron chi connectivity index (χ3n) is 5.84. The van der Waals surface area contributed by atoms with Gasteiger partial charge in [0, 0.05) is 32.7 Å². The van der Waals surface area contributed by atoms with Gasteiger partial charge in [-0.15, -0.1) is 0 Å². The minimum atomic E-state index is -0.518. The Balaban J connectivity index is 1.77. The van der Waals surface area contributed by atoms with Crippen LogP contribution in [0.15, 0.2) is 38.9 Å². The topological polar surface area (TPSA) is 90.1 Å². The van der Waals surface area contributed by atoms with E-state index in [-0.39, 0.29) is 28.5 Å². The molecule has 4 rings (SSSR count). The van der Waals surface area contributed by atoms with Gasteiger partial charge < -0.3 is 4.90 Å². The first-order valence-corrected chi connectivity index (χ1v) is 11.4. The third-order valence-corrected chi connectivity index (χ3v) is 6.80. The van der Waals surface area contributed by atoms with E-state index < -0.39 is 17.1 Å². The van der Waals surface area contributed by atoms with Crippen molar-refractivity contribution < 1.29 is 9.18 Å². The number of hydrogen-bond donors (Lipinski definition) is 0. The van der Waals surface area contributed by atoms with Crippen LogP contribution in [0.1, 0.15) is 19.8 Å². The molecule has 1 aliphatic rings. The number of nitrogens with zero attached hydrogens (tertiary/aromatic N) is 5. The summed E-state index contributed by atoms with van der Waals surface area (Å²) in [4.78, 5) is 48.9. The van der Waals surface area contributed by atoms with Gasteiger partial charge in [0.2, 0.25) is 5.91 Å². The zero-order chi connectivity index (χ0) is 23.0. The normalized spacial score (nSPS) is 14.8. The molecule has 3 heterocycles. The molecule has 10 heteroatoms. The number of carbonyl (C=O) groups excluding carboxylic acids is 1. The fourth-order valence-corrected chi connectivity index (χ4v) is 4.66. The number of halogens is 1. The standard InChI is InChI=1S/C22H24FN5O3S/c1-13-8-10-28(11-9-13)16(29)12-32-20-17-19(26(2)22(31)27(3)21(17)30)24-18(25-20)14-4-6-15(23)7-5-14/h4-7,13H,8-12H2,1-3H3. The van der Waals surface area contributed by atoms with Gasteiger partial charge in [0.15, 0.2) is 11.5 Å². The van der Waals surface area contributed by atoms with Gasteiger partial charge in [-0.3, -0.25) is 18.7 Å². The molecule has 0 radical (unpaired) electrons. The molecule has 0 N–H and O–H groups in total. The first-order valence-electron chi connectivity index (χ1n) is 10.4. The highest BCUT2D eigenvalue weighted by molar-refractivity contribution is 8.00. The second kappa shape index (κ2) is 8.85. The Morgan fingerprint density at radius 1 is 1.09 bits per heavy atom. The molecule has 0 unspecified atom stereocenters. The molecular weight excluding hydrogens is 433 g/mol. The Bertz CT molecular complexity index is 1290. The molecule has 32 heavy (non-hydrogen) atoms. The van der Waals surface area contributed by atoms with E-state index in [2.05, 4.69) is 16.9 Å². The number of carbonyl (C=O) groups is 1. The number of likely N-dealkylation sites (tertiary alicyclic amines) is 1. The fraction of sp³-hybridized carbons (Fsp3) is 0.409. The van der Waals surface area contributed by atoms with Crippen molar-refractivity contribution in [2.75, 3.05) is 18.8 Å². The molecule has 1 aliphatic heterocycles. The average molecular weight is 458 g/mol. The number of aryl methyl sites for hydroxylation is 1. The first kappa shape index (κ1) is 22.2. The molecule has 8 nitrogen and oxygen atoms in total. The van der Waals surface area contributed by atoms with E-state index in [1.54, 1.807) is 0 Å². The Kier molecular flexibility index (Phi) is 6.14. The van der Waals surface area contributed by atoms with Gasteiger partial charge in [-0.1, -0.05) is 18.7 Å². The quantitative estimate of drug-likeness (QED) is 0.441. The van der Waals surface area contributed by atoms with Gasteiger partial charge in [-0.25, -0.2) is 19.2 Å². The van der Waals surface area contributed by atoms with Crippen LogP contribution in [-0.4, -0.2) is 48.8 Å². The van der Waals surface area contributed by atoms with Gasteiger partial charge in [0.1, 0.15) is 16.2 Å². The highest BCUT2D eigenvalue weighted by atomic mass is 32.2. The van der Waals surface area contributed by atoms with E-state index in [4.69, 9.17) is 0 Å². The maximum atomic E-state index is 13.4. The maximum Gasteiger partial charge on any atom is 0.332 e. The number of piperidine rings is 1. The SMILES string of the molecule is CC1CCN(C(=O)CSc2nc(-c3ccc(F)cc3)nc3c2c(=O)n(C)c(=O)n3C)CC1. The van der Waals surface area contributed by atoms with Crippen LogP contribution in [-0.2, 0) is 18.9 Å². The monoisotopic (exact) mass is 457 g/mol.